The Kier molecular flexibility index (Phi) is 19.3. The van der Waals surface area contributed by atoms with E-state index in [9.17, 15) is 55.7 Å². The summed E-state index contributed by atoms with van der Waals surface area (Å²) in [6.07, 6.45) is 0.154. The summed E-state index contributed by atoms with van der Waals surface area (Å²) in [7, 11) is 3.25. The Morgan fingerprint density at radius 2 is 1.27 bits per heavy atom. The number of carboxylic acid groups (broad SMARTS) is 2. The van der Waals surface area contributed by atoms with E-state index in [-0.39, 0.29) is 88.0 Å². The van der Waals surface area contributed by atoms with E-state index in [1.54, 1.807) is 62.1 Å². The quantitative estimate of drug-likeness (QED) is 0.0587. The maximum absolute atomic E-state index is 11.4. The first-order valence-electron chi connectivity index (χ1n) is 26.5. The summed E-state index contributed by atoms with van der Waals surface area (Å²) in [6, 6.07) is 12.5. The molecule has 19 nitrogen and oxygen atoms in total. The Labute approximate surface area is 491 Å². The molecule has 0 amide bonds. The molecule has 77 heavy (non-hydrogen) atoms. The van der Waals surface area contributed by atoms with Gasteiger partial charge in [-0.2, -0.15) is 10.1 Å². The van der Waals surface area contributed by atoms with Crippen LogP contribution in [0.5, 0.6) is 11.5 Å². The van der Waals surface area contributed by atoms with Crippen LogP contribution >= 0.6 is 0 Å². The number of ether oxygens (including phenoxy) is 6. The minimum atomic E-state index is -1.91. The Bertz CT molecular complexity index is 2670. The molecule has 3 heterocycles. The average molecular weight is 1090 g/mol. The number of allylic oxidation sites excluding steroid dienone is 4. The van der Waals surface area contributed by atoms with E-state index >= 15 is 0 Å². The van der Waals surface area contributed by atoms with Crippen molar-refractivity contribution in [3.63, 3.8) is 0 Å². The number of nitrogens with zero attached hydrogens (tertiary/aromatic N) is 1. The van der Waals surface area contributed by atoms with Crippen molar-refractivity contribution in [2.75, 3.05) is 14.2 Å². The molecule has 1 spiro atoms. The van der Waals surface area contributed by atoms with Gasteiger partial charge in [-0.3, -0.25) is 0 Å². The van der Waals surface area contributed by atoms with Crippen LogP contribution in [-0.4, -0.2) is 124 Å². The molecule has 9 aliphatic rings. The first kappa shape index (κ1) is 60.2. The van der Waals surface area contributed by atoms with Crippen LogP contribution in [-0.2, 0) is 44.1 Å². The van der Waals surface area contributed by atoms with Crippen LogP contribution < -0.4 is 78.8 Å². The molecule has 11 rings (SSSR count). The standard InChI is InChI=1S/C28H33NO8.C28H36O10.2Na/c1-35-25(21-15-6-4-8-19(21)18-7-3-2-5-14(18)11-15)16-9-10-17(13-29)20(12-16)36-28-24(32)22(30)23(31)26(37-28)27(33)34;1-14-10-11-17(13-20(14)35-26-23(31)21(29)22(30)24(36-26)25(32)33)28(34-2)27(37-38-28)16-7-5-9-19(27)18-8-4-3-6-15(18)12-16;;/h9-10,12,15,19,22-24,26,28,30-32H,2-8,11H2,1H3,(H,33,34);10-11,13,16,19,21-24,26,29-31H,3-9,12H2,1-2H3,(H,32,33);;/q;;2*+1/p-2/b25-21+;;;/t15?,19?,22-,23-,24?,26?,28+;16?,19?,21-,22-,23?,24?,26+,27?,28?;;/m00../s1. The van der Waals surface area contributed by atoms with E-state index in [1.165, 1.54) is 49.7 Å². The molecule has 406 valence electrons. The van der Waals surface area contributed by atoms with Crippen molar-refractivity contribution in [1.82, 2.24) is 0 Å². The number of aliphatic hydroxyl groups is 6. The number of carbonyl (C=O) groups is 2. The second-order valence-corrected chi connectivity index (χ2v) is 21.7. The zero-order valence-corrected chi connectivity index (χ0v) is 48.4. The van der Waals surface area contributed by atoms with Gasteiger partial charge in [0, 0.05) is 36.0 Å². The van der Waals surface area contributed by atoms with E-state index in [1.807, 2.05) is 18.2 Å². The molecule has 16 atom stereocenters. The van der Waals surface area contributed by atoms with E-state index in [0.29, 0.717) is 28.5 Å². The van der Waals surface area contributed by atoms with E-state index < -0.39 is 84.7 Å². The molecule has 0 radical (unpaired) electrons. The fourth-order valence-electron chi connectivity index (χ4n) is 14.1. The van der Waals surface area contributed by atoms with Crippen molar-refractivity contribution in [2.24, 2.45) is 23.7 Å². The minimum Gasteiger partial charge on any atom is -0.547 e. The molecule has 3 saturated heterocycles. The van der Waals surface area contributed by atoms with E-state index in [2.05, 4.69) is 0 Å². The number of carbonyl (C=O) groups excluding carboxylic acids is 2. The normalized spacial score (nSPS) is 37.6. The van der Waals surface area contributed by atoms with Gasteiger partial charge < -0.3 is 78.9 Å². The predicted molar refractivity (Wildman–Crippen MR) is 256 cm³/mol. The fourth-order valence-corrected chi connectivity index (χ4v) is 14.1. The van der Waals surface area contributed by atoms with Gasteiger partial charge in [0.25, 0.3) is 5.79 Å². The second-order valence-electron chi connectivity index (χ2n) is 21.7. The molecule has 6 N–H and O–H groups in total. The number of carboxylic acids is 2. The van der Waals surface area contributed by atoms with Crippen molar-refractivity contribution in [3.8, 4) is 17.6 Å². The van der Waals surface area contributed by atoms with Gasteiger partial charge in [0.05, 0.1) is 24.6 Å². The summed E-state index contributed by atoms with van der Waals surface area (Å²) in [5.41, 5.74) is 9.06. The van der Waals surface area contributed by atoms with E-state index in [0.717, 1.165) is 70.0 Å². The third kappa shape index (κ3) is 10.7. The zero-order chi connectivity index (χ0) is 53.1. The van der Waals surface area contributed by atoms with Gasteiger partial charge in [-0.1, -0.05) is 47.3 Å². The largest absolute Gasteiger partial charge is 1.00 e. The second kappa shape index (κ2) is 24.6. The smallest absolute Gasteiger partial charge is 0.547 e. The maximum Gasteiger partial charge on any atom is 1.00 e. The summed E-state index contributed by atoms with van der Waals surface area (Å²) >= 11 is 0. The number of benzene rings is 2. The third-order valence-corrected chi connectivity index (χ3v) is 17.7. The number of nitriles is 1. The molecule has 2 aromatic rings. The molecule has 0 aromatic heterocycles. The molecule has 21 heteroatoms. The molecule has 3 aliphatic heterocycles. The number of rotatable bonds is 10. The van der Waals surface area contributed by atoms with Crippen LogP contribution in [0.4, 0.5) is 0 Å². The van der Waals surface area contributed by atoms with Gasteiger partial charge in [0.15, 0.2) is 5.60 Å². The SMILES string of the molecule is CO/C(=C1\C2CCCC1C1=C(CCCC1)C2)c1ccc(C#N)c(O[C@@H]2OC(C(=O)[O-])[C@@H](O)[C@H](O)C2O)c1.COC1(c2ccc(C)c(O[C@@H]3OC(C(=O)[O-])[C@@H](O)[C@H](O)C3O)c2)OOC12C1CCCC2C2=C(CCCC2)C1.[Na+].[Na+]. The number of hydrogen-bond donors (Lipinski definition) is 6. The summed E-state index contributed by atoms with van der Waals surface area (Å²) in [5, 5.41) is 93.5. The number of aliphatic carboxylic acids is 2. The summed E-state index contributed by atoms with van der Waals surface area (Å²) in [6.45, 7) is 1.79. The molecule has 10 unspecified atom stereocenters. The van der Waals surface area contributed by atoms with Gasteiger partial charge in [-0.05, 0) is 138 Å². The fraction of sp³-hybridized carbons (Fsp3) is 0.625. The monoisotopic (exact) mass is 1090 g/mol. The molecule has 4 bridgehead atoms. The van der Waals surface area contributed by atoms with Crippen LogP contribution in [0.25, 0.3) is 5.76 Å². The number of methoxy groups -OCH3 is 2. The number of aryl methyl sites for hydroxylation is 1. The van der Waals surface area contributed by atoms with Crippen molar-refractivity contribution in [1.29, 1.82) is 5.26 Å². The molecule has 6 aliphatic carbocycles. The first-order valence-corrected chi connectivity index (χ1v) is 26.5. The van der Waals surface area contributed by atoms with Crippen molar-refractivity contribution in [2.45, 2.75) is 182 Å². The zero-order valence-electron chi connectivity index (χ0n) is 44.4. The number of hydrogen-bond acceptors (Lipinski definition) is 19. The van der Waals surface area contributed by atoms with E-state index in [4.69, 9.17) is 38.2 Å². The van der Waals surface area contributed by atoms with Crippen LogP contribution in [0.1, 0.15) is 125 Å². The molecule has 5 fully saturated rings. The first-order chi connectivity index (χ1) is 36.1. The summed E-state index contributed by atoms with van der Waals surface area (Å²) in [4.78, 5) is 34.8. The summed E-state index contributed by atoms with van der Waals surface area (Å²) < 4.78 is 34.3. The number of fused-ring (bicyclic) bond motifs is 4. The van der Waals surface area contributed by atoms with Crippen LogP contribution in [0.2, 0.25) is 0 Å². The molecule has 2 aromatic carbocycles. The average Bonchev–Trinajstić information content (AvgIpc) is 3.40. The van der Waals surface area contributed by atoms with Gasteiger partial charge >= 0.3 is 59.1 Å². The van der Waals surface area contributed by atoms with Gasteiger partial charge in [0.2, 0.25) is 12.6 Å². The number of aliphatic hydroxyl groups excluding tert-OH is 6. The summed E-state index contributed by atoms with van der Waals surface area (Å²) in [5.74, 6) is -2.41. The van der Waals surface area contributed by atoms with Crippen molar-refractivity contribution < 1.29 is 148 Å². The molecular formula is C56H67NNa2O18. The van der Waals surface area contributed by atoms with Crippen molar-refractivity contribution in [3.05, 3.63) is 86.5 Å². The Balaban J connectivity index is 0.000000199. The Hall–Kier alpha value is -2.95. The third-order valence-electron chi connectivity index (χ3n) is 17.7. The van der Waals surface area contributed by atoms with Crippen molar-refractivity contribution >= 4 is 17.7 Å². The predicted octanol–water partition coefficient (Wildman–Crippen LogP) is -3.33. The Morgan fingerprint density at radius 1 is 0.675 bits per heavy atom. The minimum absolute atomic E-state index is 0. The van der Waals surface area contributed by atoms with Gasteiger partial charge in [-0.25, -0.2) is 4.89 Å². The Morgan fingerprint density at radius 3 is 1.86 bits per heavy atom. The molecule has 2 saturated carbocycles. The van der Waals surface area contributed by atoms with Crippen LogP contribution in [0.3, 0.4) is 0 Å². The van der Waals surface area contributed by atoms with Gasteiger partial charge in [-0.15, -0.1) is 0 Å². The molecular weight excluding hydrogens is 1020 g/mol. The van der Waals surface area contributed by atoms with Gasteiger partial charge in [0.1, 0.15) is 72.2 Å². The topological polar surface area (TPSA) is 299 Å². The van der Waals surface area contributed by atoms with Crippen LogP contribution in [0.15, 0.2) is 64.3 Å². The maximum atomic E-state index is 11.4. The van der Waals surface area contributed by atoms with Crippen LogP contribution in [0, 0.1) is 41.9 Å².